The van der Waals surface area contributed by atoms with Gasteiger partial charge in [-0.2, -0.15) is 0 Å². The van der Waals surface area contributed by atoms with Crippen LogP contribution in [0.5, 0.6) is 0 Å². The van der Waals surface area contributed by atoms with Crippen LogP contribution in [0.25, 0.3) is 32.6 Å². The van der Waals surface area contributed by atoms with E-state index < -0.39 is 192 Å². The average Bonchev–Trinajstić information content (AvgIpc) is 1.78. The third kappa shape index (κ3) is 26.1. The second kappa shape index (κ2) is 43.0. The highest BCUT2D eigenvalue weighted by molar-refractivity contribution is 8.00. The molecule has 1 aliphatic rings. The van der Waals surface area contributed by atoms with Gasteiger partial charge in [-0.3, -0.25) is 72.5 Å². The first kappa shape index (κ1) is 88.1. The third-order valence-electron chi connectivity index (χ3n) is 19.2. The van der Waals surface area contributed by atoms with Crippen molar-refractivity contribution in [1.29, 1.82) is 5.41 Å². The zero-order valence-electron chi connectivity index (χ0n) is 64.2. The monoisotopic (exact) mass is 1600 g/mol. The summed E-state index contributed by atoms with van der Waals surface area (Å²) in [5.41, 5.74) is 26.2. The molecule has 8 rings (SSSR count). The van der Waals surface area contributed by atoms with Crippen molar-refractivity contribution < 1.29 is 72.2 Å². The number of hydrogen-bond donors (Lipinski definition) is 21. The molecule has 1 saturated heterocycles. The second-order valence-electron chi connectivity index (χ2n) is 28.7. The van der Waals surface area contributed by atoms with Crippen molar-refractivity contribution in [3.63, 3.8) is 0 Å². The summed E-state index contributed by atoms with van der Waals surface area (Å²) in [4.78, 5) is 208. The van der Waals surface area contributed by atoms with Crippen molar-refractivity contribution in [1.82, 2.24) is 79.1 Å². The Morgan fingerprint density at radius 3 is 1.55 bits per heavy atom. The lowest BCUT2D eigenvalue weighted by Crippen LogP contribution is -2.62. The zero-order chi connectivity index (χ0) is 83.4. The molecule has 0 aliphatic carbocycles. The number of amides is 14. The predicted molar refractivity (Wildman–Crippen MR) is 430 cm³/mol. The molecule has 5 aromatic carbocycles. The van der Waals surface area contributed by atoms with E-state index in [4.69, 9.17) is 28.3 Å². The summed E-state index contributed by atoms with van der Waals surface area (Å²) < 4.78 is 0. The first-order valence-corrected chi connectivity index (χ1v) is 38.9. The Morgan fingerprint density at radius 1 is 0.496 bits per heavy atom. The number of H-pyrrole nitrogens is 2. The first-order chi connectivity index (χ1) is 55.0. The van der Waals surface area contributed by atoms with E-state index in [1.807, 2.05) is 30.3 Å². The minimum Gasteiger partial charge on any atom is -0.394 e. The summed E-state index contributed by atoms with van der Waals surface area (Å²) in [5.74, 6) is -16.3. The maximum absolute atomic E-state index is 15.1. The lowest BCUT2D eigenvalue weighted by atomic mass is 9.98. The van der Waals surface area contributed by atoms with Crippen molar-refractivity contribution in [3.05, 3.63) is 156 Å². The number of aliphatic hydroxyl groups excluding tert-OH is 1. The van der Waals surface area contributed by atoms with Gasteiger partial charge in [0.1, 0.15) is 66.5 Å². The second-order valence-corrected chi connectivity index (χ2v) is 29.7. The largest absolute Gasteiger partial charge is 0.394 e. The van der Waals surface area contributed by atoms with E-state index >= 15 is 14.4 Å². The van der Waals surface area contributed by atoms with E-state index in [0.29, 0.717) is 44.9 Å². The van der Waals surface area contributed by atoms with Gasteiger partial charge in [-0.25, -0.2) is 0 Å². The fraction of sp³-hybridized carbons (Fsp3) is 0.405. The molecule has 36 heteroatoms. The van der Waals surface area contributed by atoms with Gasteiger partial charge in [-0.1, -0.05) is 137 Å². The molecule has 25 N–H and O–H groups in total. The number of benzene rings is 5. The van der Waals surface area contributed by atoms with Gasteiger partial charge in [-0.05, 0) is 95.6 Å². The normalized spacial score (nSPS) is 22.6. The number of nitrogens with one attached hydrogen (secondary N) is 16. The van der Waals surface area contributed by atoms with E-state index in [9.17, 15) is 57.8 Å². The molecule has 35 nitrogen and oxygen atoms in total. The standard InChI is InChI=1S/C79H102N20O15S/c1-42(2)65-76(112)91-55(25-14-15-29-80)71(107)92-57(33-48-36-86-52-23-12-10-21-50(48)52)74(110)98-66(43(3)4)77(113)96-61(68(82)104)40-115-41-64(103)90-56(32-44-27-28-45-17-8-9-20-47(45)31-44)73(109)99-67(46-18-6-5-7-19-46)78(114)95-60(39-100)69(105)88-38-63(102)89-54(26-16-30-85-79(83)84)70(106)94-59(35-62(81)101)72(108)93-58(75(111)97-65)34-49-37-87-53-24-13-11-22-51(49)53/h5-13,17-24,27-28,31,36-37,42-43,54-61,65-67,86-87,100H,14-16,25-26,29-30,32-35,38-41,80H2,1-4H3,(H2,81,101)(H2,82,104)(H,88,105)(H,89,102)(H,90,103)(H,91,112)(H,92,107)(H,93,108)(H,94,106)(H,95,114)(H,96,113)(H,97,111)(H,98,110)(H,99,109)(H4,83,84,85)/t54-,55-,56+,57-,58-,59-,60-,61-,65-,66-,67-/m0/s1. The number of primary amides is 2. The smallest absolute Gasteiger partial charge is 0.247 e. The van der Waals surface area contributed by atoms with Crippen LogP contribution in [0.4, 0.5) is 0 Å². The molecular formula is C79H102N20O15S. The Hall–Kier alpha value is -12.4. The summed E-state index contributed by atoms with van der Waals surface area (Å²) in [6.07, 6.45) is 2.09. The molecule has 1 aliphatic heterocycles. The number of thioether (sulfide) groups is 1. The third-order valence-corrected chi connectivity index (χ3v) is 20.3. The van der Waals surface area contributed by atoms with Gasteiger partial charge in [0.25, 0.3) is 0 Å². The van der Waals surface area contributed by atoms with Gasteiger partial charge in [0.05, 0.1) is 25.3 Å². The fourth-order valence-corrected chi connectivity index (χ4v) is 13.9. The molecule has 0 bridgehead atoms. The Morgan fingerprint density at radius 2 is 0.983 bits per heavy atom. The van der Waals surface area contributed by atoms with E-state index in [-0.39, 0.29) is 69.4 Å². The van der Waals surface area contributed by atoms with Gasteiger partial charge >= 0.3 is 0 Å². The van der Waals surface area contributed by atoms with Crippen molar-refractivity contribution in [2.75, 3.05) is 37.7 Å². The lowest BCUT2D eigenvalue weighted by molar-refractivity contribution is -0.137. The number of carbonyl (C=O) groups excluding carboxylic acids is 14. The van der Waals surface area contributed by atoms with Gasteiger partial charge < -0.3 is 107 Å². The topological polar surface area (TPSA) is 575 Å². The molecule has 0 spiro atoms. The molecule has 0 unspecified atom stereocenters. The number of guanidine groups is 1. The molecule has 0 radical (unpaired) electrons. The van der Waals surface area contributed by atoms with Gasteiger partial charge in [0, 0.05) is 65.8 Å². The Bertz CT molecular complexity index is 4650. The molecule has 11 atom stereocenters. The molecule has 14 amide bonds. The number of aromatic nitrogens is 2. The quantitative estimate of drug-likeness (QED) is 0.0220. The molecule has 7 aromatic rings. The van der Waals surface area contributed by atoms with E-state index in [1.165, 1.54) is 12.1 Å². The van der Waals surface area contributed by atoms with E-state index in [2.05, 4.69) is 79.1 Å². The SMILES string of the molecule is CC(C)[C@@H]1NC(=O)[C@H](Cc2c[nH]c3ccccc23)NC(=O)[C@H](CCCCN)NC(=O)[C@H](C(C)C)NC(=O)[C@H](Cc2c[nH]c3ccccc23)NC(=O)[C@H](CC(N)=O)NC(=O)[C@H](CCCNC(=N)N)NC(=O)CNC(=O)[C@H](CO)NC(=O)[C@H](c2ccccc2)NC(=O)[C@@H](Cc2ccc3ccccc3c2)NC(=O)CSC[C@@H](C(N)=O)NC1=O. The Balaban J connectivity index is 1.16. The summed E-state index contributed by atoms with van der Waals surface area (Å²) in [5, 5.41) is 55.2. The minimum absolute atomic E-state index is 0.0170. The molecule has 115 heavy (non-hydrogen) atoms. The van der Waals surface area contributed by atoms with Gasteiger partial charge in [-0.15, -0.1) is 11.8 Å². The number of rotatable bonds is 21. The number of unbranched alkanes of at least 4 members (excludes halogenated alkanes) is 1. The number of aromatic amines is 2. The molecule has 1 fully saturated rings. The molecule has 0 saturated carbocycles. The number of carbonyl (C=O) groups is 14. The molecular weight excluding hydrogens is 1500 g/mol. The summed E-state index contributed by atoms with van der Waals surface area (Å²) >= 11 is 0.854. The average molecular weight is 1600 g/mol. The minimum atomic E-state index is -1.87. The van der Waals surface area contributed by atoms with Crippen LogP contribution >= 0.6 is 11.8 Å². The van der Waals surface area contributed by atoms with Crippen molar-refractivity contribution in [3.8, 4) is 0 Å². The molecule has 614 valence electrons. The van der Waals surface area contributed by atoms with E-state index in [0.717, 1.165) is 22.5 Å². The number of para-hydroxylation sites is 2. The van der Waals surface area contributed by atoms with Gasteiger partial charge in [0.2, 0.25) is 82.7 Å². The first-order valence-electron chi connectivity index (χ1n) is 37.8. The van der Waals surface area contributed by atoms with E-state index in [1.54, 1.807) is 119 Å². The van der Waals surface area contributed by atoms with Crippen LogP contribution in [-0.2, 0) is 86.4 Å². The van der Waals surface area contributed by atoms with Crippen molar-refractivity contribution >= 4 is 133 Å². The zero-order valence-corrected chi connectivity index (χ0v) is 65.0. The Labute approximate surface area is 667 Å². The molecule has 2 aromatic heterocycles. The summed E-state index contributed by atoms with van der Waals surface area (Å²) in [6, 6.07) is 17.4. The summed E-state index contributed by atoms with van der Waals surface area (Å²) in [6.45, 7) is 4.63. The van der Waals surface area contributed by atoms with Crippen LogP contribution in [0, 0.1) is 17.2 Å². The predicted octanol–water partition coefficient (Wildman–Crippen LogP) is -1.54. The van der Waals surface area contributed by atoms with Crippen LogP contribution in [0.3, 0.4) is 0 Å². The highest BCUT2D eigenvalue weighted by atomic mass is 32.2. The number of nitrogens with two attached hydrogens (primary N) is 4. The fourth-order valence-electron chi connectivity index (χ4n) is 13.0. The van der Waals surface area contributed by atoms with Crippen LogP contribution in [0.15, 0.2) is 134 Å². The maximum atomic E-state index is 15.1. The lowest BCUT2D eigenvalue weighted by Gasteiger charge is -2.29. The van der Waals surface area contributed by atoms with Gasteiger partial charge in [0.15, 0.2) is 5.96 Å². The van der Waals surface area contributed by atoms with Crippen molar-refractivity contribution in [2.24, 2.45) is 34.8 Å². The number of fused-ring (bicyclic) bond motifs is 3. The highest BCUT2D eigenvalue weighted by Crippen LogP contribution is 2.24. The van der Waals surface area contributed by atoms with Crippen LogP contribution < -0.4 is 92.1 Å². The van der Waals surface area contributed by atoms with Crippen LogP contribution in [0.2, 0.25) is 0 Å². The molecule has 3 heterocycles. The number of aliphatic hydroxyl groups is 1. The highest BCUT2D eigenvalue weighted by Gasteiger charge is 2.39. The summed E-state index contributed by atoms with van der Waals surface area (Å²) in [7, 11) is 0. The Kier molecular flexibility index (Phi) is 32.9. The maximum Gasteiger partial charge on any atom is 0.247 e. The van der Waals surface area contributed by atoms with Crippen molar-refractivity contribution in [2.45, 2.75) is 152 Å². The number of hydrogen-bond acceptors (Lipinski definition) is 18. The van der Waals surface area contributed by atoms with Crippen LogP contribution in [-0.4, -0.2) is 202 Å². The van der Waals surface area contributed by atoms with Crippen LogP contribution in [0.1, 0.15) is 94.5 Å².